The van der Waals surface area contributed by atoms with Gasteiger partial charge in [-0.25, -0.2) is 9.97 Å². The first-order chi connectivity index (χ1) is 12.2. The molecule has 1 unspecified atom stereocenters. The van der Waals surface area contributed by atoms with Crippen molar-refractivity contribution in [3.05, 3.63) is 42.2 Å². The Hall–Kier alpha value is -2.83. The zero-order valence-corrected chi connectivity index (χ0v) is 14.3. The standard InChI is InChI=1S/C18H21N3O4/c1-23-14-7-5-13(6-8-14)18(22)21-11-3-4-15(12-21)25-17-16(24-2)19-9-10-20-17/h5-10,15H,3-4,11-12H2,1-2H3. The van der Waals surface area contributed by atoms with Crippen LogP contribution in [0.15, 0.2) is 36.7 Å². The quantitative estimate of drug-likeness (QED) is 0.828. The normalized spacial score (nSPS) is 17.0. The van der Waals surface area contributed by atoms with Crippen LogP contribution in [0, 0.1) is 0 Å². The van der Waals surface area contributed by atoms with Crippen molar-refractivity contribution in [3.8, 4) is 17.5 Å². The van der Waals surface area contributed by atoms with Gasteiger partial charge in [-0.1, -0.05) is 0 Å². The Bertz CT molecular complexity index is 721. The molecule has 1 saturated heterocycles. The molecule has 0 aliphatic carbocycles. The Morgan fingerprint density at radius 2 is 1.80 bits per heavy atom. The molecule has 0 N–H and O–H groups in total. The molecule has 2 heterocycles. The fourth-order valence-electron chi connectivity index (χ4n) is 2.83. The van der Waals surface area contributed by atoms with Crippen LogP contribution in [0.2, 0.25) is 0 Å². The van der Waals surface area contributed by atoms with Crippen LogP contribution >= 0.6 is 0 Å². The topological polar surface area (TPSA) is 73.8 Å². The number of piperidine rings is 1. The number of hydrogen-bond donors (Lipinski definition) is 0. The molecule has 1 aromatic carbocycles. The molecule has 1 aliphatic heterocycles. The summed E-state index contributed by atoms with van der Waals surface area (Å²) < 4.78 is 16.2. The number of ether oxygens (including phenoxy) is 3. The lowest BCUT2D eigenvalue weighted by molar-refractivity contribution is 0.0519. The van der Waals surface area contributed by atoms with E-state index in [0.717, 1.165) is 18.6 Å². The number of benzene rings is 1. The van der Waals surface area contributed by atoms with Crippen LogP contribution in [0.5, 0.6) is 17.5 Å². The molecule has 1 fully saturated rings. The van der Waals surface area contributed by atoms with Crippen molar-refractivity contribution < 1.29 is 19.0 Å². The second-order valence-electron chi connectivity index (χ2n) is 5.73. The van der Waals surface area contributed by atoms with Gasteiger partial charge in [0.05, 0.1) is 20.8 Å². The van der Waals surface area contributed by atoms with Gasteiger partial charge in [0.1, 0.15) is 11.9 Å². The van der Waals surface area contributed by atoms with E-state index in [4.69, 9.17) is 14.2 Å². The number of methoxy groups -OCH3 is 2. The van der Waals surface area contributed by atoms with Gasteiger partial charge < -0.3 is 19.1 Å². The molecule has 2 aromatic rings. The molecule has 0 bridgehead atoms. The smallest absolute Gasteiger partial charge is 0.278 e. The van der Waals surface area contributed by atoms with E-state index in [1.54, 1.807) is 48.7 Å². The molecule has 0 saturated carbocycles. The van der Waals surface area contributed by atoms with E-state index in [0.29, 0.717) is 30.4 Å². The fraction of sp³-hybridized carbons (Fsp3) is 0.389. The lowest BCUT2D eigenvalue weighted by Crippen LogP contribution is -2.44. The highest BCUT2D eigenvalue weighted by Gasteiger charge is 2.27. The molecule has 1 atom stereocenters. The van der Waals surface area contributed by atoms with Crippen molar-refractivity contribution in [3.63, 3.8) is 0 Å². The van der Waals surface area contributed by atoms with Crippen LogP contribution in [-0.4, -0.2) is 54.2 Å². The monoisotopic (exact) mass is 343 g/mol. The summed E-state index contributed by atoms with van der Waals surface area (Å²) in [6.07, 6.45) is 4.69. The summed E-state index contributed by atoms with van der Waals surface area (Å²) in [6.45, 7) is 1.22. The van der Waals surface area contributed by atoms with Gasteiger partial charge in [-0.15, -0.1) is 0 Å². The first-order valence-electron chi connectivity index (χ1n) is 8.16. The molecular weight excluding hydrogens is 322 g/mol. The van der Waals surface area contributed by atoms with Crippen LogP contribution in [-0.2, 0) is 0 Å². The highest BCUT2D eigenvalue weighted by atomic mass is 16.5. The van der Waals surface area contributed by atoms with Crippen LogP contribution in [0.25, 0.3) is 0 Å². The average Bonchev–Trinajstić information content (AvgIpc) is 2.68. The zero-order valence-electron chi connectivity index (χ0n) is 14.3. The van der Waals surface area contributed by atoms with E-state index in [1.165, 1.54) is 7.11 Å². The van der Waals surface area contributed by atoms with Crippen molar-refractivity contribution in [1.29, 1.82) is 0 Å². The Balaban J connectivity index is 1.66. The fourth-order valence-corrected chi connectivity index (χ4v) is 2.83. The Morgan fingerprint density at radius 3 is 2.48 bits per heavy atom. The molecule has 132 valence electrons. The van der Waals surface area contributed by atoms with Crippen molar-refractivity contribution in [1.82, 2.24) is 14.9 Å². The molecule has 0 radical (unpaired) electrons. The van der Waals surface area contributed by atoms with Crippen molar-refractivity contribution in [2.45, 2.75) is 18.9 Å². The zero-order chi connectivity index (χ0) is 17.6. The molecule has 7 heteroatoms. The molecular formula is C18H21N3O4. The first kappa shape index (κ1) is 17.0. The van der Waals surface area contributed by atoms with Crippen molar-refractivity contribution >= 4 is 5.91 Å². The predicted molar refractivity (Wildman–Crippen MR) is 91.1 cm³/mol. The minimum atomic E-state index is -0.137. The van der Waals surface area contributed by atoms with Crippen LogP contribution < -0.4 is 14.2 Å². The molecule has 7 nitrogen and oxygen atoms in total. The third kappa shape index (κ3) is 3.99. The Labute approximate surface area is 146 Å². The maximum Gasteiger partial charge on any atom is 0.278 e. The van der Waals surface area contributed by atoms with E-state index >= 15 is 0 Å². The minimum Gasteiger partial charge on any atom is -0.497 e. The van der Waals surface area contributed by atoms with E-state index < -0.39 is 0 Å². The van der Waals surface area contributed by atoms with E-state index in [-0.39, 0.29) is 12.0 Å². The summed E-state index contributed by atoms with van der Waals surface area (Å²) in [5, 5.41) is 0. The number of amides is 1. The minimum absolute atomic E-state index is 0.0120. The second kappa shape index (κ2) is 7.83. The van der Waals surface area contributed by atoms with Crippen molar-refractivity contribution in [2.24, 2.45) is 0 Å². The summed E-state index contributed by atoms with van der Waals surface area (Å²) in [5.41, 5.74) is 0.638. The van der Waals surface area contributed by atoms with Gasteiger partial charge in [0.2, 0.25) is 0 Å². The van der Waals surface area contributed by atoms with E-state index in [2.05, 4.69) is 9.97 Å². The van der Waals surface area contributed by atoms with Gasteiger partial charge in [-0.05, 0) is 37.1 Å². The molecule has 1 amide bonds. The van der Waals surface area contributed by atoms with Gasteiger partial charge in [-0.2, -0.15) is 0 Å². The van der Waals surface area contributed by atoms with E-state index in [1.807, 2.05) is 0 Å². The number of carbonyl (C=O) groups excluding carboxylic acids is 1. The second-order valence-corrected chi connectivity index (χ2v) is 5.73. The van der Waals surface area contributed by atoms with Crippen molar-refractivity contribution in [2.75, 3.05) is 27.3 Å². The number of rotatable bonds is 5. The largest absolute Gasteiger partial charge is 0.497 e. The number of carbonyl (C=O) groups is 1. The maximum atomic E-state index is 12.7. The summed E-state index contributed by atoms with van der Waals surface area (Å²) in [5.74, 6) is 1.42. The Kier molecular flexibility index (Phi) is 5.33. The maximum absolute atomic E-state index is 12.7. The SMILES string of the molecule is COc1ccc(C(=O)N2CCCC(Oc3nccnc3OC)C2)cc1. The van der Waals surface area contributed by atoms with Gasteiger partial charge in [0, 0.05) is 24.5 Å². The summed E-state index contributed by atoms with van der Waals surface area (Å²) >= 11 is 0. The number of nitrogens with zero attached hydrogens (tertiary/aromatic N) is 3. The van der Waals surface area contributed by atoms with Crippen LogP contribution in [0.4, 0.5) is 0 Å². The summed E-state index contributed by atoms with van der Waals surface area (Å²) in [4.78, 5) is 22.7. The van der Waals surface area contributed by atoms with Crippen LogP contribution in [0.1, 0.15) is 23.2 Å². The van der Waals surface area contributed by atoms with Gasteiger partial charge in [-0.3, -0.25) is 4.79 Å². The molecule has 1 aliphatic rings. The third-order valence-corrected chi connectivity index (χ3v) is 4.11. The van der Waals surface area contributed by atoms with E-state index in [9.17, 15) is 4.79 Å². The van der Waals surface area contributed by atoms with Crippen LogP contribution in [0.3, 0.4) is 0 Å². The lowest BCUT2D eigenvalue weighted by Gasteiger charge is -2.32. The summed E-state index contributed by atoms with van der Waals surface area (Å²) in [7, 11) is 3.13. The van der Waals surface area contributed by atoms with Gasteiger partial charge in [0.15, 0.2) is 0 Å². The number of aromatic nitrogens is 2. The molecule has 3 rings (SSSR count). The predicted octanol–water partition coefficient (Wildman–Crippen LogP) is 2.18. The first-order valence-corrected chi connectivity index (χ1v) is 8.16. The molecule has 25 heavy (non-hydrogen) atoms. The Morgan fingerprint density at radius 1 is 1.08 bits per heavy atom. The van der Waals surface area contributed by atoms with Gasteiger partial charge >= 0.3 is 0 Å². The lowest BCUT2D eigenvalue weighted by atomic mass is 10.1. The number of hydrogen-bond acceptors (Lipinski definition) is 6. The molecule has 1 aromatic heterocycles. The average molecular weight is 343 g/mol. The molecule has 0 spiro atoms. The van der Waals surface area contributed by atoms with Gasteiger partial charge in [0.25, 0.3) is 17.7 Å². The third-order valence-electron chi connectivity index (χ3n) is 4.11. The highest BCUT2D eigenvalue weighted by molar-refractivity contribution is 5.94. The number of likely N-dealkylation sites (tertiary alicyclic amines) is 1. The highest BCUT2D eigenvalue weighted by Crippen LogP contribution is 2.24. The summed E-state index contributed by atoms with van der Waals surface area (Å²) in [6, 6.07) is 7.12.